The maximum atomic E-state index is 5.77. The van der Waals surface area contributed by atoms with Crippen molar-refractivity contribution in [3.8, 4) is 0 Å². The third-order valence-corrected chi connectivity index (χ3v) is 3.31. The number of nitrogens with two attached hydrogens (primary N) is 1. The Morgan fingerprint density at radius 1 is 1.21 bits per heavy atom. The quantitative estimate of drug-likeness (QED) is 0.890. The van der Waals surface area contributed by atoms with Crippen LogP contribution >= 0.6 is 0 Å². The fraction of sp³-hybridized carbons (Fsp3) is 0.400. The third-order valence-electron chi connectivity index (χ3n) is 3.31. The lowest BCUT2D eigenvalue weighted by atomic mass is 10.1. The lowest BCUT2D eigenvalue weighted by Gasteiger charge is -2.18. The van der Waals surface area contributed by atoms with Gasteiger partial charge in [-0.25, -0.2) is 0 Å². The topological polar surface area (TPSA) is 47.1 Å². The van der Waals surface area contributed by atoms with Gasteiger partial charge in [-0.1, -0.05) is 24.3 Å². The minimum atomic E-state index is 0.592. The minimum absolute atomic E-state index is 0.592. The number of hydrogen-bond acceptors (Lipinski definition) is 3. The Kier molecular flexibility index (Phi) is 4.35. The molecule has 0 saturated carbocycles. The smallest absolute Gasteiger partial charge is 0.0597 e. The van der Waals surface area contributed by atoms with Gasteiger partial charge in [0.15, 0.2) is 0 Å². The summed E-state index contributed by atoms with van der Waals surface area (Å²) in [5.74, 6) is 0. The van der Waals surface area contributed by atoms with Gasteiger partial charge in [0.25, 0.3) is 0 Å². The van der Waals surface area contributed by atoms with E-state index < -0.39 is 0 Å². The average Bonchev–Trinajstić information content (AvgIpc) is 2.68. The molecule has 2 rings (SSSR count). The summed E-state index contributed by atoms with van der Waals surface area (Å²) < 4.78 is 1.95. The molecule has 19 heavy (non-hydrogen) atoms. The number of benzene rings is 1. The van der Waals surface area contributed by atoms with Crippen LogP contribution in [-0.4, -0.2) is 21.7 Å². The van der Waals surface area contributed by atoms with Crippen molar-refractivity contribution in [3.63, 3.8) is 0 Å². The summed E-state index contributed by atoms with van der Waals surface area (Å²) in [7, 11) is 4.11. The fourth-order valence-corrected chi connectivity index (χ4v) is 2.35. The second-order valence-corrected chi connectivity index (χ2v) is 5.05. The van der Waals surface area contributed by atoms with Crippen molar-refractivity contribution in [1.29, 1.82) is 0 Å². The van der Waals surface area contributed by atoms with Crippen LogP contribution in [0.4, 0.5) is 0 Å². The van der Waals surface area contributed by atoms with Crippen LogP contribution in [0.15, 0.2) is 30.3 Å². The van der Waals surface area contributed by atoms with E-state index in [-0.39, 0.29) is 0 Å². The monoisotopic (exact) mass is 258 g/mol. The Morgan fingerprint density at radius 2 is 1.89 bits per heavy atom. The van der Waals surface area contributed by atoms with Crippen LogP contribution in [0.25, 0.3) is 0 Å². The molecule has 1 aromatic carbocycles. The zero-order chi connectivity index (χ0) is 13.8. The van der Waals surface area contributed by atoms with E-state index in [4.69, 9.17) is 5.73 Å². The first-order chi connectivity index (χ1) is 9.10. The highest BCUT2D eigenvalue weighted by atomic mass is 15.3. The summed E-state index contributed by atoms with van der Waals surface area (Å²) in [6.45, 7) is 4.40. The Morgan fingerprint density at radius 3 is 2.47 bits per heavy atom. The van der Waals surface area contributed by atoms with Crippen LogP contribution in [0.3, 0.4) is 0 Å². The van der Waals surface area contributed by atoms with Crippen LogP contribution in [0.1, 0.15) is 22.5 Å². The minimum Gasteiger partial charge on any atom is -0.326 e. The van der Waals surface area contributed by atoms with Gasteiger partial charge in [0.1, 0.15) is 0 Å². The summed E-state index contributed by atoms with van der Waals surface area (Å²) in [6, 6.07) is 10.5. The SMILES string of the molecule is Cc1cc(CN(C)Cc2ccccc2CN)n(C)n1. The molecule has 2 N–H and O–H groups in total. The molecule has 0 aliphatic rings. The predicted octanol–water partition coefficient (Wildman–Crippen LogP) is 1.82. The molecule has 0 bridgehead atoms. The van der Waals surface area contributed by atoms with Gasteiger partial charge < -0.3 is 5.73 Å². The molecule has 1 aromatic heterocycles. The molecule has 4 nitrogen and oxygen atoms in total. The third kappa shape index (κ3) is 3.43. The molecule has 0 fully saturated rings. The van der Waals surface area contributed by atoms with E-state index in [1.165, 1.54) is 16.8 Å². The average molecular weight is 258 g/mol. The predicted molar refractivity (Wildman–Crippen MR) is 77.4 cm³/mol. The zero-order valence-electron chi connectivity index (χ0n) is 11.9. The lowest BCUT2D eigenvalue weighted by molar-refractivity contribution is 0.308. The van der Waals surface area contributed by atoms with Gasteiger partial charge in [0.05, 0.1) is 11.4 Å². The molecule has 0 aliphatic carbocycles. The van der Waals surface area contributed by atoms with Gasteiger partial charge in [-0.05, 0) is 31.2 Å². The van der Waals surface area contributed by atoms with Gasteiger partial charge in [0.2, 0.25) is 0 Å². The van der Waals surface area contributed by atoms with Crippen LogP contribution in [-0.2, 0) is 26.7 Å². The Balaban J connectivity index is 2.05. The highest BCUT2D eigenvalue weighted by molar-refractivity contribution is 5.26. The van der Waals surface area contributed by atoms with E-state index in [0.717, 1.165) is 18.8 Å². The first-order valence-corrected chi connectivity index (χ1v) is 6.55. The first kappa shape index (κ1) is 13.8. The van der Waals surface area contributed by atoms with Crippen LogP contribution < -0.4 is 5.73 Å². The van der Waals surface area contributed by atoms with E-state index in [2.05, 4.69) is 41.3 Å². The van der Waals surface area contributed by atoms with E-state index in [9.17, 15) is 0 Å². The largest absolute Gasteiger partial charge is 0.326 e. The lowest BCUT2D eigenvalue weighted by Crippen LogP contribution is -2.20. The number of hydrogen-bond donors (Lipinski definition) is 1. The highest BCUT2D eigenvalue weighted by Crippen LogP contribution is 2.12. The molecule has 0 saturated heterocycles. The fourth-order valence-electron chi connectivity index (χ4n) is 2.35. The van der Waals surface area contributed by atoms with Gasteiger partial charge in [-0.15, -0.1) is 0 Å². The number of aromatic nitrogens is 2. The molecule has 2 aromatic rings. The zero-order valence-corrected chi connectivity index (χ0v) is 11.9. The normalized spacial score (nSPS) is 11.2. The summed E-state index contributed by atoms with van der Waals surface area (Å²) in [4.78, 5) is 2.28. The van der Waals surface area contributed by atoms with Crippen molar-refractivity contribution in [1.82, 2.24) is 14.7 Å². The molecule has 1 heterocycles. The van der Waals surface area contributed by atoms with E-state index >= 15 is 0 Å². The van der Waals surface area contributed by atoms with Gasteiger partial charge in [0, 0.05) is 26.7 Å². The molecule has 0 spiro atoms. The van der Waals surface area contributed by atoms with Crippen molar-refractivity contribution >= 4 is 0 Å². The number of nitrogens with zero attached hydrogens (tertiary/aromatic N) is 3. The maximum Gasteiger partial charge on any atom is 0.0597 e. The van der Waals surface area contributed by atoms with Crippen LogP contribution in [0.5, 0.6) is 0 Å². The van der Waals surface area contributed by atoms with Crippen LogP contribution in [0.2, 0.25) is 0 Å². The van der Waals surface area contributed by atoms with Crippen molar-refractivity contribution in [2.45, 2.75) is 26.6 Å². The summed E-state index contributed by atoms with van der Waals surface area (Å²) in [5.41, 5.74) is 10.6. The summed E-state index contributed by atoms with van der Waals surface area (Å²) >= 11 is 0. The number of rotatable bonds is 5. The molecule has 102 valence electrons. The Bertz CT molecular complexity index is 545. The van der Waals surface area contributed by atoms with Crippen molar-refractivity contribution in [2.24, 2.45) is 12.8 Å². The number of aryl methyl sites for hydroxylation is 2. The Hall–Kier alpha value is -1.65. The molecule has 0 atom stereocenters. The molecular formula is C15H22N4. The highest BCUT2D eigenvalue weighted by Gasteiger charge is 2.08. The standard InChI is InChI=1S/C15H22N4/c1-12-8-15(19(3)17-12)11-18(2)10-14-7-5-4-6-13(14)9-16/h4-8H,9-11,16H2,1-3H3. The molecule has 0 amide bonds. The van der Waals surface area contributed by atoms with E-state index in [0.29, 0.717) is 6.54 Å². The summed E-state index contributed by atoms with van der Waals surface area (Å²) in [5, 5.41) is 4.37. The van der Waals surface area contributed by atoms with E-state index in [1.807, 2.05) is 24.7 Å². The molecule has 4 heteroatoms. The van der Waals surface area contributed by atoms with Gasteiger partial charge >= 0.3 is 0 Å². The van der Waals surface area contributed by atoms with Gasteiger partial charge in [-0.3, -0.25) is 9.58 Å². The van der Waals surface area contributed by atoms with E-state index in [1.54, 1.807) is 0 Å². The second-order valence-electron chi connectivity index (χ2n) is 5.05. The van der Waals surface area contributed by atoms with Crippen molar-refractivity contribution in [3.05, 3.63) is 52.8 Å². The molecular weight excluding hydrogens is 236 g/mol. The van der Waals surface area contributed by atoms with Crippen molar-refractivity contribution < 1.29 is 0 Å². The Labute approximate surface area is 114 Å². The van der Waals surface area contributed by atoms with Crippen LogP contribution in [0, 0.1) is 6.92 Å². The first-order valence-electron chi connectivity index (χ1n) is 6.55. The maximum absolute atomic E-state index is 5.77. The van der Waals surface area contributed by atoms with Crippen molar-refractivity contribution in [2.75, 3.05) is 7.05 Å². The molecule has 0 unspecified atom stereocenters. The molecule has 0 aliphatic heterocycles. The molecule has 0 radical (unpaired) electrons. The second kappa shape index (κ2) is 5.99. The van der Waals surface area contributed by atoms with Gasteiger partial charge in [-0.2, -0.15) is 5.10 Å². The summed E-state index contributed by atoms with van der Waals surface area (Å²) in [6.07, 6.45) is 0.